The third-order valence-corrected chi connectivity index (χ3v) is 4.79. The Morgan fingerprint density at radius 3 is 2.80 bits per heavy atom. The van der Waals surface area contributed by atoms with Gasteiger partial charge in [-0.3, -0.25) is 14.6 Å². The lowest BCUT2D eigenvalue weighted by molar-refractivity contribution is -0.117. The van der Waals surface area contributed by atoms with E-state index in [1.807, 2.05) is 4.90 Å². The molecule has 6 nitrogen and oxygen atoms in total. The predicted molar refractivity (Wildman–Crippen MR) is 99.0 cm³/mol. The van der Waals surface area contributed by atoms with E-state index in [2.05, 4.69) is 16.3 Å². The number of amides is 1. The van der Waals surface area contributed by atoms with Gasteiger partial charge in [0.15, 0.2) is 0 Å². The van der Waals surface area contributed by atoms with Crippen LogP contribution < -0.4 is 5.32 Å². The maximum atomic E-state index is 12.3. The highest BCUT2D eigenvalue weighted by atomic mass is 35.5. The number of hydrogen-bond acceptors (Lipinski definition) is 5. The second kappa shape index (κ2) is 10.6. The Labute approximate surface area is 158 Å². The van der Waals surface area contributed by atoms with Gasteiger partial charge in [-0.15, -0.1) is 0 Å². The molecule has 0 saturated carbocycles. The Morgan fingerprint density at radius 1 is 1.32 bits per heavy atom. The summed E-state index contributed by atoms with van der Waals surface area (Å²) in [7, 11) is 0. The quantitative estimate of drug-likeness (QED) is 0.745. The molecule has 0 unspecified atom stereocenters. The fraction of sp³-hybridized carbons (Fsp3) is 0.529. The maximum Gasteiger partial charge on any atom is 0.238 e. The lowest BCUT2D eigenvalue weighted by Gasteiger charge is -2.29. The van der Waals surface area contributed by atoms with Crippen molar-refractivity contribution in [2.24, 2.45) is 0 Å². The van der Waals surface area contributed by atoms with Crippen LogP contribution in [0.1, 0.15) is 6.42 Å². The van der Waals surface area contributed by atoms with Crippen molar-refractivity contribution in [3.8, 4) is 6.07 Å². The molecule has 1 fully saturated rings. The second-order valence-electron chi connectivity index (χ2n) is 5.79. The molecule has 1 aliphatic rings. The highest BCUT2D eigenvalue weighted by molar-refractivity contribution is 6.43. The largest absolute Gasteiger partial charge is 0.379 e. The van der Waals surface area contributed by atoms with Crippen molar-refractivity contribution in [2.75, 3.05) is 57.8 Å². The number of nitrogens with zero attached hydrogens (tertiary/aromatic N) is 3. The number of hydrogen-bond donors (Lipinski definition) is 1. The van der Waals surface area contributed by atoms with Crippen molar-refractivity contribution in [1.82, 2.24) is 9.80 Å². The van der Waals surface area contributed by atoms with E-state index < -0.39 is 0 Å². The number of rotatable bonds is 8. The lowest BCUT2D eigenvalue weighted by Crippen LogP contribution is -2.43. The van der Waals surface area contributed by atoms with E-state index in [1.54, 1.807) is 18.2 Å². The first kappa shape index (κ1) is 20.0. The van der Waals surface area contributed by atoms with Gasteiger partial charge in [0.1, 0.15) is 0 Å². The van der Waals surface area contributed by atoms with Crippen LogP contribution in [0.4, 0.5) is 5.69 Å². The van der Waals surface area contributed by atoms with Gasteiger partial charge in [0.05, 0.1) is 41.6 Å². The molecule has 1 aliphatic heterocycles. The molecule has 8 heteroatoms. The molecule has 2 rings (SSSR count). The van der Waals surface area contributed by atoms with E-state index in [-0.39, 0.29) is 12.5 Å². The molecular weight excluding hydrogens is 363 g/mol. The van der Waals surface area contributed by atoms with Crippen LogP contribution in [0, 0.1) is 11.3 Å². The minimum Gasteiger partial charge on any atom is -0.379 e. The standard InChI is InChI=1S/C17H22Cl2N4O2/c18-14-3-1-4-15(17(14)19)21-16(24)13-23(6-2-5-20)8-7-22-9-11-25-12-10-22/h1,3-4H,2,6-13H2,(H,21,24). The van der Waals surface area contributed by atoms with Crippen molar-refractivity contribution in [3.63, 3.8) is 0 Å². The summed E-state index contributed by atoms with van der Waals surface area (Å²) in [5.41, 5.74) is 0.493. The Kier molecular flexibility index (Phi) is 8.45. The molecule has 1 aromatic rings. The number of nitrogens with one attached hydrogen (secondary N) is 1. The van der Waals surface area contributed by atoms with Crippen molar-refractivity contribution in [2.45, 2.75) is 6.42 Å². The molecule has 0 bridgehead atoms. The number of anilines is 1. The van der Waals surface area contributed by atoms with Crippen LogP contribution in [0.5, 0.6) is 0 Å². The van der Waals surface area contributed by atoms with E-state index in [0.29, 0.717) is 28.7 Å². The zero-order chi connectivity index (χ0) is 18.1. The van der Waals surface area contributed by atoms with E-state index in [1.165, 1.54) is 0 Å². The molecule has 1 N–H and O–H groups in total. The molecule has 1 heterocycles. The second-order valence-corrected chi connectivity index (χ2v) is 6.57. The summed E-state index contributed by atoms with van der Waals surface area (Å²) in [5.74, 6) is -0.177. The number of carbonyl (C=O) groups excluding carboxylic acids is 1. The normalized spacial score (nSPS) is 15.1. The van der Waals surface area contributed by atoms with Gasteiger partial charge >= 0.3 is 0 Å². The number of ether oxygens (including phenoxy) is 1. The predicted octanol–water partition coefficient (Wildman–Crippen LogP) is 2.48. The van der Waals surface area contributed by atoms with E-state index in [9.17, 15) is 4.79 Å². The number of morpholine rings is 1. The molecule has 136 valence electrons. The Hall–Kier alpha value is -1.36. The highest BCUT2D eigenvalue weighted by Gasteiger charge is 2.16. The van der Waals surface area contributed by atoms with E-state index >= 15 is 0 Å². The lowest BCUT2D eigenvalue weighted by atomic mass is 10.3. The first-order valence-corrected chi connectivity index (χ1v) is 8.99. The van der Waals surface area contributed by atoms with Crippen LogP contribution in [0.15, 0.2) is 18.2 Å². The average molecular weight is 385 g/mol. The SMILES string of the molecule is N#CCCN(CCN1CCOCC1)CC(=O)Nc1cccc(Cl)c1Cl. The maximum absolute atomic E-state index is 12.3. The first-order chi connectivity index (χ1) is 12.1. The van der Waals surface area contributed by atoms with Crippen LogP contribution >= 0.6 is 23.2 Å². The van der Waals surface area contributed by atoms with Crippen molar-refractivity contribution in [3.05, 3.63) is 28.2 Å². The van der Waals surface area contributed by atoms with E-state index in [4.69, 9.17) is 33.2 Å². The summed E-state index contributed by atoms with van der Waals surface area (Å²) in [6, 6.07) is 7.24. The smallest absolute Gasteiger partial charge is 0.238 e. The van der Waals surface area contributed by atoms with Crippen LogP contribution in [0.2, 0.25) is 10.0 Å². The first-order valence-electron chi connectivity index (χ1n) is 8.23. The molecule has 0 aromatic heterocycles. The summed E-state index contributed by atoms with van der Waals surface area (Å²) in [5, 5.41) is 12.3. The number of benzene rings is 1. The van der Waals surface area contributed by atoms with Crippen molar-refractivity contribution < 1.29 is 9.53 Å². The van der Waals surface area contributed by atoms with Gasteiger partial charge in [-0.1, -0.05) is 29.3 Å². The third-order valence-electron chi connectivity index (χ3n) is 3.97. The van der Waals surface area contributed by atoms with Gasteiger partial charge in [0, 0.05) is 39.1 Å². The van der Waals surface area contributed by atoms with Crippen LogP contribution in [0.25, 0.3) is 0 Å². The molecule has 1 amide bonds. The summed E-state index contributed by atoms with van der Waals surface area (Å²) in [4.78, 5) is 16.6. The van der Waals surface area contributed by atoms with Gasteiger partial charge in [-0.25, -0.2) is 0 Å². The summed E-state index contributed by atoms with van der Waals surface area (Å²) < 4.78 is 5.34. The fourth-order valence-electron chi connectivity index (χ4n) is 2.58. The average Bonchev–Trinajstić information content (AvgIpc) is 2.62. The molecule has 25 heavy (non-hydrogen) atoms. The topological polar surface area (TPSA) is 68.6 Å². The fourth-order valence-corrected chi connectivity index (χ4v) is 2.93. The molecular formula is C17H22Cl2N4O2. The van der Waals surface area contributed by atoms with Gasteiger partial charge in [-0.2, -0.15) is 5.26 Å². The van der Waals surface area contributed by atoms with Crippen LogP contribution in [0.3, 0.4) is 0 Å². The summed E-state index contributed by atoms with van der Waals surface area (Å²) >= 11 is 12.1. The highest BCUT2D eigenvalue weighted by Crippen LogP contribution is 2.29. The molecule has 0 spiro atoms. The number of carbonyl (C=O) groups is 1. The van der Waals surface area contributed by atoms with Gasteiger partial charge in [0.25, 0.3) is 0 Å². The van der Waals surface area contributed by atoms with Crippen molar-refractivity contribution in [1.29, 1.82) is 5.26 Å². The molecule has 1 saturated heterocycles. The summed E-state index contributed by atoms with van der Waals surface area (Å²) in [6.07, 6.45) is 0.383. The minimum absolute atomic E-state index is 0.177. The minimum atomic E-state index is -0.177. The number of nitriles is 1. The zero-order valence-electron chi connectivity index (χ0n) is 14.0. The zero-order valence-corrected chi connectivity index (χ0v) is 15.5. The van der Waals surface area contributed by atoms with Crippen LogP contribution in [-0.4, -0.2) is 68.2 Å². The van der Waals surface area contributed by atoms with E-state index in [0.717, 1.165) is 39.4 Å². The van der Waals surface area contributed by atoms with Gasteiger partial charge < -0.3 is 10.1 Å². The molecule has 0 atom stereocenters. The van der Waals surface area contributed by atoms with Gasteiger partial charge in [0.2, 0.25) is 5.91 Å². The van der Waals surface area contributed by atoms with Crippen LogP contribution in [-0.2, 0) is 9.53 Å². The molecule has 1 aromatic carbocycles. The van der Waals surface area contributed by atoms with Gasteiger partial charge in [-0.05, 0) is 12.1 Å². The number of halogens is 2. The Morgan fingerprint density at radius 2 is 2.08 bits per heavy atom. The Bertz CT molecular complexity index is 615. The Balaban J connectivity index is 1.87. The monoisotopic (exact) mass is 384 g/mol. The molecule has 0 radical (unpaired) electrons. The van der Waals surface area contributed by atoms with Crippen molar-refractivity contribution >= 4 is 34.8 Å². The molecule has 0 aliphatic carbocycles. The summed E-state index contributed by atoms with van der Waals surface area (Å²) in [6.45, 7) is 5.61. The third kappa shape index (κ3) is 6.81.